The highest BCUT2D eigenvalue weighted by atomic mass is 35.5. The molecule has 0 aliphatic carbocycles. The van der Waals surface area contributed by atoms with Crippen molar-refractivity contribution in [2.75, 3.05) is 26.7 Å². The SMILES string of the molecule is CN(CC(=O)N1CCC[C@H](c2ncc(Cc3cccc(Cl)c3)o2)C1)Cc1ccccc1F. The van der Waals surface area contributed by atoms with Gasteiger partial charge in [0.05, 0.1) is 18.7 Å². The van der Waals surface area contributed by atoms with Gasteiger partial charge >= 0.3 is 0 Å². The Morgan fingerprint density at radius 1 is 1.28 bits per heavy atom. The first kappa shape index (κ1) is 22.5. The van der Waals surface area contributed by atoms with Gasteiger partial charge in [0.15, 0.2) is 5.89 Å². The minimum absolute atomic E-state index is 0.0410. The number of hydrogen-bond acceptors (Lipinski definition) is 4. The van der Waals surface area contributed by atoms with Gasteiger partial charge in [-0.1, -0.05) is 41.9 Å². The summed E-state index contributed by atoms with van der Waals surface area (Å²) in [6.45, 7) is 1.94. The molecule has 0 saturated carbocycles. The van der Waals surface area contributed by atoms with E-state index in [-0.39, 0.29) is 24.2 Å². The van der Waals surface area contributed by atoms with Crippen LogP contribution in [0.15, 0.2) is 59.1 Å². The van der Waals surface area contributed by atoms with Crippen molar-refractivity contribution < 1.29 is 13.6 Å². The van der Waals surface area contributed by atoms with Crippen molar-refractivity contribution in [3.63, 3.8) is 0 Å². The van der Waals surface area contributed by atoms with Crippen LogP contribution in [0, 0.1) is 5.82 Å². The number of nitrogens with zero attached hydrogens (tertiary/aromatic N) is 3. The van der Waals surface area contributed by atoms with Crippen LogP contribution in [0.5, 0.6) is 0 Å². The Hall–Kier alpha value is -2.70. The van der Waals surface area contributed by atoms with Gasteiger partial charge < -0.3 is 9.32 Å². The van der Waals surface area contributed by atoms with E-state index in [4.69, 9.17) is 16.0 Å². The maximum absolute atomic E-state index is 13.9. The number of likely N-dealkylation sites (N-methyl/N-ethyl adjacent to an activating group) is 1. The normalized spacial score (nSPS) is 16.5. The molecule has 1 atom stereocenters. The second-order valence-corrected chi connectivity index (χ2v) is 8.85. The Balaban J connectivity index is 1.33. The first-order valence-corrected chi connectivity index (χ1v) is 11.2. The standard InChI is InChI=1S/C25H27ClFN3O2/c1-29(15-19-7-2-3-10-23(19)27)17-24(31)30-11-5-8-20(16-30)25-28-14-22(32-25)13-18-6-4-9-21(26)12-18/h2-4,6-7,9-10,12,14,20H,5,8,11,13,15-17H2,1H3/t20-/m0/s1. The second-order valence-electron chi connectivity index (χ2n) is 8.41. The molecule has 0 spiro atoms. The van der Waals surface area contributed by atoms with E-state index < -0.39 is 0 Å². The Morgan fingerprint density at radius 3 is 2.94 bits per heavy atom. The highest BCUT2D eigenvalue weighted by molar-refractivity contribution is 6.30. The van der Waals surface area contributed by atoms with E-state index in [0.717, 1.165) is 30.7 Å². The summed E-state index contributed by atoms with van der Waals surface area (Å²) in [5.41, 5.74) is 1.66. The van der Waals surface area contributed by atoms with Gasteiger partial charge in [-0.05, 0) is 43.7 Å². The lowest BCUT2D eigenvalue weighted by Crippen LogP contribution is -2.43. The minimum Gasteiger partial charge on any atom is -0.445 e. The van der Waals surface area contributed by atoms with Gasteiger partial charge in [-0.3, -0.25) is 9.69 Å². The predicted octanol–water partition coefficient (Wildman–Crippen LogP) is 4.90. The molecule has 1 aliphatic rings. The summed E-state index contributed by atoms with van der Waals surface area (Å²) in [6.07, 6.45) is 4.23. The first-order valence-electron chi connectivity index (χ1n) is 10.9. The molecule has 0 unspecified atom stereocenters. The van der Waals surface area contributed by atoms with E-state index >= 15 is 0 Å². The molecule has 2 aromatic carbocycles. The van der Waals surface area contributed by atoms with Gasteiger partial charge in [0.2, 0.25) is 5.91 Å². The highest BCUT2D eigenvalue weighted by Crippen LogP contribution is 2.27. The number of halogens is 2. The van der Waals surface area contributed by atoms with Crippen molar-refractivity contribution in [1.29, 1.82) is 0 Å². The summed E-state index contributed by atoms with van der Waals surface area (Å²) >= 11 is 6.07. The van der Waals surface area contributed by atoms with Crippen LogP contribution in [-0.2, 0) is 17.8 Å². The summed E-state index contributed by atoms with van der Waals surface area (Å²) in [7, 11) is 1.84. The Bertz CT molecular complexity index is 1070. The third-order valence-electron chi connectivity index (χ3n) is 5.77. The number of benzene rings is 2. The Morgan fingerprint density at radius 2 is 2.12 bits per heavy atom. The van der Waals surface area contributed by atoms with Crippen LogP contribution >= 0.6 is 11.6 Å². The first-order chi connectivity index (χ1) is 15.5. The molecule has 7 heteroatoms. The number of rotatable bonds is 7. The van der Waals surface area contributed by atoms with E-state index in [9.17, 15) is 9.18 Å². The molecule has 1 aromatic heterocycles. The average Bonchev–Trinajstić information content (AvgIpc) is 3.24. The van der Waals surface area contributed by atoms with Crippen LogP contribution in [-0.4, -0.2) is 47.4 Å². The molecule has 168 valence electrons. The van der Waals surface area contributed by atoms with Crippen molar-refractivity contribution >= 4 is 17.5 Å². The number of carbonyl (C=O) groups is 1. The lowest BCUT2D eigenvalue weighted by Gasteiger charge is -2.32. The van der Waals surface area contributed by atoms with Crippen LogP contribution in [0.25, 0.3) is 0 Å². The molecule has 1 amide bonds. The molecule has 0 radical (unpaired) electrons. The van der Waals surface area contributed by atoms with Crippen LogP contribution in [0.4, 0.5) is 4.39 Å². The molecule has 0 N–H and O–H groups in total. The zero-order valence-electron chi connectivity index (χ0n) is 18.1. The van der Waals surface area contributed by atoms with Gasteiger partial charge in [-0.15, -0.1) is 0 Å². The summed E-state index contributed by atoms with van der Waals surface area (Å²) in [4.78, 5) is 21.1. The number of oxazole rings is 1. The van der Waals surface area contributed by atoms with Gasteiger partial charge in [0, 0.05) is 36.6 Å². The molecule has 1 fully saturated rings. The summed E-state index contributed by atoms with van der Waals surface area (Å²) in [6, 6.07) is 14.4. The molecule has 0 bridgehead atoms. The molecule has 5 nitrogen and oxygen atoms in total. The van der Waals surface area contributed by atoms with E-state index in [0.29, 0.717) is 36.0 Å². The summed E-state index contributed by atoms with van der Waals surface area (Å²) < 4.78 is 19.9. The van der Waals surface area contributed by atoms with Gasteiger partial charge in [0.25, 0.3) is 0 Å². The number of carbonyl (C=O) groups excluding carboxylic acids is 1. The second kappa shape index (κ2) is 10.3. The van der Waals surface area contributed by atoms with E-state index in [1.165, 1.54) is 6.07 Å². The third-order valence-corrected chi connectivity index (χ3v) is 6.00. The molecule has 4 rings (SSSR count). The fourth-order valence-corrected chi connectivity index (χ4v) is 4.36. The smallest absolute Gasteiger partial charge is 0.236 e. The van der Waals surface area contributed by atoms with E-state index in [1.807, 2.05) is 41.1 Å². The van der Waals surface area contributed by atoms with Crippen molar-refractivity contribution in [2.24, 2.45) is 0 Å². The van der Waals surface area contributed by atoms with Crippen molar-refractivity contribution in [1.82, 2.24) is 14.8 Å². The number of piperidine rings is 1. The van der Waals surface area contributed by atoms with Gasteiger partial charge in [0.1, 0.15) is 11.6 Å². The maximum Gasteiger partial charge on any atom is 0.236 e. The van der Waals surface area contributed by atoms with Gasteiger partial charge in [-0.25, -0.2) is 9.37 Å². The topological polar surface area (TPSA) is 49.6 Å². The number of likely N-dealkylation sites (tertiary alicyclic amines) is 1. The highest BCUT2D eigenvalue weighted by Gasteiger charge is 2.28. The molecule has 32 heavy (non-hydrogen) atoms. The molecule has 2 heterocycles. The van der Waals surface area contributed by atoms with Crippen LogP contribution in [0.2, 0.25) is 5.02 Å². The fraction of sp³-hybridized carbons (Fsp3) is 0.360. The summed E-state index contributed by atoms with van der Waals surface area (Å²) in [5, 5.41) is 0.698. The largest absolute Gasteiger partial charge is 0.445 e. The lowest BCUT2D eigenvalue weighted by atomic mass is 9.98. The zero-order valence-corrected chi connectivity index (χ0v) is 18.9. The van der Waals surface area contributed by atoms with Gasteiger partial charge in [-0.2, -0.15) is 0 Å². The predicted molar refractivity (Wildman–Crippen MR) is 122 cm³/mol. The summed E-state index contributed by atoms with van der Waals surface area (Å²) in [5.74, 6) is 1.34. The average molecular weight is 456 g/mol. The zero-order chi connectivity index (χ0) is 22.5. The van der Waals surface area contributed by atoms with Crippen molar-refractivity contribution in [3.8, 4) is 0 Å². The monoisotopic (exact) mass is 455 g/mol. The van der Waals surface area contributed by atoms with Crippen LogP contribution in [0.3, 0.4) is 0 Å². The fourth-order valence-electron chi connectivity index (χ4n) is 4.15. The van der Waals surface area contributed by atoms with E-state index in [1.54, 1.807) is 24.4 Å². The number of amides is 1. The van der Waals surface area contributed by atoms with E-state index in [2.05, 4.69) is 4.98 Å². The maximum atomic E-state index is 13.9. The van der Waals surface area contributed by atoms with Crippen LogP contribution in [0.1, 0.15) is 41.5 Å². The Labute approximate surface area is 192 Å². The number of hydrogen-bond donors (Lipinski definition) is 0. The molecular formula is C25H27ClFN3O2. The number of aromatic nitrogens is 1. The lowest BCUT2D eigenvalue weighted by molar-refractivity contribution is -0.133. The molecule has 3 aromatic rings. The third kappa shape index (κ3) is 5.75. The van der Waals surface area contributed by atoms with Crippen molar-refractivity contribution in [3.05, 3.63) is 88.3 Å². The molecule has 1 aliphatic heterocycles. The Kier molecular flexibility index (Phi) is 7.22. The molecule has 1 saturated heterocycles. The quantitative estimate of drug-likeness (QED) is 0.508. The minimum atomic E-state index is -0.248. The van der Waals surface area contributed by atoms with Crippen LogP contribution < -0.4 is 0 Å². The molecular weight excluding hydrogens is 429 g/mol. The van der Waals surface area contributed by atoms with Crippen molar-refractivity contribution in [2.45, 2.75) is 31.7 Å².